The van der Waals surface area contributed by atoms with Crippen molar-refractivity contribution < 1.29 is 4.79 Å². The van der Waals surface area contributed by atoms with Crippen molar-refractivity contribution >= 4 is 22.9 Å². The van der Waals surface area contributed by atoms with Gasteiger partial charge in [0.1, 0.15) is 0 Å². The van der Waals surface area contributed by atoms with Gasteiger partial charge in [-0.3, -0.25) is 4.79 Å². The van der Waals surface area contributed by atoms with E-state index in [1.165, 1.54) is 5.56 Å². The van der Waals surface area contributed by atoms with Crippen molar-refractivity contribution in [2.45, 2.75) is 39.5 Å². The van der Waals surface area contributed by atoms with Gasteiger partial charge < -0.3 is 4.90 Å². The monoisotopic (exact) mass is 300 g/mol. The fourth-order valence-electron chi connectivity index (χ4n) is 2.64. The number of carbonyl (C=O) groups excluding carboxylic acids is 1. The highest BCUT2D eigenvalue weighted by molar-refractivity contribution is 7.10. The van der Waals surface area contributed by atoms with Crippen LogP contribution in [0.5, 0.6) is 0 Å². The molecule has 0 spiro atoms. The third kappa shape index (κ3) is 2.60. The van der Waals surface area contributed by atoms with Crippen LogP contribution in [0.1, 0.15) is 38.3 Å². The Hall–Kier alpha value is -1.68. The molecule has 0 atom stereocenters. The van der Waals surface area contributed by atoms with Crippen LogP contribution in [0.15, 0.2) is 23.6 Å². The van der Waals surface area contributed by atoms with Gasteiger partial charge in [-0.05, 0) is 24.1 Å². The van der Waals surface area contributed by atoms with E-state index in [0.717, 1.165) is 34.9 Å². The molecular formula is C17H20N2OS. The third-order valence-electron chi connectivity index (χ3n) is 3.80. The summed E-state index contributed by atoms with van der Waals surface area (Å²) in [6.45, 7) is 8.96. The van der Waals surface area contributed by atoms with Crippen molar-refractivity contribution in [2.75, 3.05) is 11.4 Å². The van der Waals surface area contributed by atoms with Crippen LogP contribution in [-0.4, -0.2) is 17.4 Å². The van der Waals surface area contributed by atoms with Gasteiger partial charge in [-0.2, -0.15) is 0 Å². The average molecular weight is 300 g/mol. The molecule has 110 valence electrons. The molecule has 1 aliphatic rings. The molecule has 0 bridgehead atoms. The number of benzene rings is 1. The Morgan fingerprint density at radius 1 is 1.33 bits per heavy atom. The number of hydrogen-bond acceptors (Lipinski definition) is 3. The molecule has 0 N–H and O–H groups in total. The summed E-state index contributed by atoms with van der Waals surface area (Å²) in [4.78, 5) is 18.2. The summed E-state index contributed by atoms with van der Waals surface area (Å²) in [5, 5.41) is 3.28. The van der Waals surface area contributed by atoms with E-state index in [9.17, 15) is 4.79 Å². The zero-order valence-corrected chi connectivity index (χ0v) is 13.8. The largest absolute Gasteiger partial charge is 0.312 e. The second-order valence-electron chi connectivity index (χ2n) is 6.55. The van der Waals surface area contributed by atoms with Crippen LogP contribution in [0.25, 0.3) is 11.3 Å². The quantitative estimate of drug-likeness (QED) is 0.797. The maximum absolute atomic E-state index is 11.6. The number of anilines is 1. The summed E-state index contributed by atoms with van der Waals surface area (Å²) < 4.78 is 0. The number of nitrogens with zero attached hydrogens (tertiary/aromatic N) is 2. The Morgan fingerprint density at radius 3 is 2.71 bits per heavy atom. The Labute approximate surface area is 129 Å². The van der Waals surface area contributed by atoms with Crippen LogP contribution in [0.4, 0.5) is 5.69 Å². The van der Waals surface area contributed by atoms with Gasteiger partial charge in [0.15, 0.2) is 0 Å². The predicted octanol–water partition coefficient (Wildman–Crippen LogP) is 4.02. The molecule has 0 fully saturated rings. The standard InChI is InChI=1S/C17H20N2OS/c1-11(20)19-8-7-13-9-12(5-6-15(13)19)14-10-21-16(18-14)17(2,3)4/h5-6,9-10H,7-8H2,1-4H3. The summed E-state index contributed by atoms with van der Waals surface area (Å²) in [7, 11) is 0. The van der Waals surface area contributed by atoms with E-state index >= 15 is 0 Å². The molecule has 3 rings (SSSR count). The first-order valence-electron chi connectivity index (χ1n) is 7.23. The normalized spacial score (nSPS) is 14.4. The third-order valence-corrected chi connectivity index (χ3v) is 5.06. The second-order valence-corrected chi connectivity index (χ2v) is 7.41. The first-order valence-corrected chi connectivity index (χ1v) is 8.11. The lowest BCUT2D eigenvalue weighted by Gasteiger charge is -2.15. The van der Waals surface area contributed by atoms with E-state index in [1.807, 2.05) is 4.90 Å². The number of rotatable bonds is 1. The summed E-state index contributed by atoms with van der Waals surface area (Å²) in [5.41, 5.74) is 4.57. The van der Waals surface area contributed by atoms with E-state index in [0.29, 0.717) is 0 Å². The van der Waals surface area contributed by atoms with Crippen LogP contribution in [0, 0.1) is 0 Å². The van der Waals surface area contributed by atoms with Gasteiger partial charge in [0, 0.05) is 35.5 Å². The van der Waals surface area contributed by atoms with Crippen LogP contribution in [0.2, 0.25) is 0 Å². The molecule has 1 aromatic heterocycles. The molecule has 2 heterocycles. The molecule has 2 aromatic rings. The molecule has 1 amide bonds. The van der Waals surface area contributed by atoms with Crippen LogP contribution >= 0.6 is 11.3 Å². The Bertz CT molecular complexity index is 697. The van der Waals surface area contributed by atoms with Crippen LogP contribution in [-0.2, 0) is 16.6 Å². The number of hydrogen-bond donors (Lipinski definition) is 0. The van der Waals surface area contributed by atoms with E-state index in [-0.39, 0.29) is 11.3 Å². The van der Waals surface area contributed by atoms with E-state index in [1.54, 1.807) is 18.3 Å². The van der Waals surface area contributed by atoms with Gasteiger partial charge in [-0.15, -0.1) is 11.3 Å². The van der Waals surface area contributed by atoms with Crippen molar-refractivity contribution in [1.82, 2.24) is 4.98 Å². The predicted molar refractivity (Wildman–Crippen MR) is 88.0 cm³/mol. The molecule has 3 nitrogen and oxygen atoms in total. The maximum atomic E-state index is 11.6. The number of aromatic nitrogens is 1. The molecule has 1 aromatic carbocycles. The smallest absolute Gasteiger partial charge is 0.223 e. The summed E-state index contributed by atoms with van der Waals surface area (Å²) >= 11 is 1.71. The summed E-state index contributed by atoms with van der Waals surface area (Å²) in [6.07, 6.45) is 0.930. The Morgan fingerprint density at radius 2 is 2.10 bits per heavy atom. The number of carbonyl (C=O) groups is 1. The highest BCUT2D eigenvalue weighted by atomic mass is 32.1. The topological polar surface area (TPSA) is 33.2 Å². The van der Waals surface area contributed by atoms with Gasteiger partial charge in [0.2, 0.25) is 5.91 Å². The van der Waals surface area contributed by atoms with Crippen molar-refractivity contribution in [3.63, 3.8) is 0 Å². The lowest BCUT2D eigenvalue weighted by atomic mass is 9.98. The fraction of sp³-hybridized carbons (Fsp3) is 0.412. The van der Waals surface area contributed by atoms with E-state index < -0.39 is 0 Å². The zero-order chi connectivity index (χ0) is 15.2. The number of thiazole rings is 1. The molecule has 0 saturated carbocycles. The molecule has 0 unspecified atom stereocenters. The van der Waals surface area contributed by atoms with Gasteiger partial charge in [0.05, 0.1) is 10.7 Å². The average Bonchev–Trinajstić information content (AvgIpc) is 3.04. The first kappa shape index (κ1) is 14.3. The highest BCUT2D eigenvalue weighted by Gasteiger charge is 2.23. The SMILES string of the molecule is CC(=O)N1CCc2cc(-c3csc(C(C)(C)C)n3)ccc21. The second kappa shape index (κ2) is 4.95. The van der Waals surface area contributed by atoms with Crippen molar-refractivity contribution in [1.29, 1.82) is 0 Å². The van der Waals surface area contributed by atoms with Crippen LogP contribution < -0.4 is 4.90 Å². The lowest BCUT2D eigenvalue weighted by Crippen LogP contribution is -2.25. The highest BCUT2D eigenvalue weighted by Crippen LogP contribution is 2.34. The maximum Gasteiger partial charge on any atom is 0.223 e. The minimum Gasteiger partial charge on any atom is -0.312 e. The molecule has 0 saturated heterocycles. The van der Waals surface area contributed by atoms with Crippen molar-refractivity contribution in [3.8, 4) is 11.3 Å². The molecule has 21 heavy (non-hydrogen) atoms. The number of fused-ring (bicyclic) bond motifs is 1. The lowest BCUT2D eigenvalue weighted by molar-refractivity contribution is -0.116. The molecule has 0 aliphatic carbocycles. The minimum absolute atomic E-state index is 0.0884. The zero-order valence-electron chi connectivity index (χ0n) is 12.9. The Kier molecular flexibility index (Phi) is 3.36. The summed E-state index contributed by atoms with van der Waals surface area (Å²) in [5.74, 6) is 0.116. The first-order chi connectivity index (χ1) is 9.86. The molecular weight excluding hydrogens is 280 g/mol. The summed E-state index contributed by atoms with van der Waals surface area (Å²) in [6, 6.07) is 6.30. The van der Waals surface area contributed by atoms with E-state index in [2.05, 4.69) is 44.4 Å². The van der Waals surface area contributed by atoms with Gasteiger partial charge >= 0.3 is 0 Å². The molecule has 0 radical (unpaired) electrons. The van der Waals surface area contributed by atoms with Crippen molar-refractivity contribution in [3.05, 3.63) is 34.2 Å². The van der Waals surface area contributed by atoms with Crippen LogP contribution in [0.3, 0.4) is 0 Å². The van der Waals surface area contributed by atoms with E-state index in [4.69, 9.17) is 4.98 Å². The molecule has 1 aliphatic heterocycles. The Balaban J connectivity index is 1.95. The van der Waals surface area contributed by atoms with Crippen molar-refractivity contribution in [2.24, 2.45) is 0 Å². The fourth-order valence-corrected chi connectivity index (χ4v) is 3.56. The van der Waals surface area contributed by atoms with Gasteiger partial charge in [-0.1, -0.05) is 26.8 Å². The molecule has 4 heteroatoms. The van der Waals surface area contributed by atoms with Gasteiger partial charge in [0.25, 0.3) is 0 Å². The number of amides is 1. The van der Waals surface area contributed by atoms with Gasteiger partial charge in [-0.25, -0.2) is 4.98 Å². The minimum atomic E-state index is 0.0884.